The second-order valence-corrected chi connectivity index (χ2v) is 4.98. The van der Waals surface area contributed by atoms with Gasteiger partial charge in [-0.2, -0.15) is 0 Å². The summed E-state index contributed by atoms with van der Waals surface area (Å²) >= 11 is 3.39. The van der Waals surface area contributed by atoms with Crippen LogP contribution in [0.1, 0.15) is 24.9 Å². The summed E-state index contributed by atoms with van der Waals surface area (Å²) in [5, 5.41) is 0. The molecule has 0 spiro atoms. The van der Waals surface area contributed by atoms with Crippen molar-refractivity contribution in [2.45, 2.75) is 24.2 Å². The highest BCUT2D eigenvalue weighted by Gasteiger charge is 2.32. The third-order valence-corrected chi connectivity index (χ3v) is 3.77. The number of alkyl halides is 1. The molecular formula is C12H14BrNO. The van der Waals surface area contributed by atoms with E-state index in [0.717, 1.165) is 13.0 Å². The highest BCUT2D eigenvalue weighted by atomic mass is 79.9. The van der Waals surface area contributed by atoms with Crippen LogP contribution in [0.2, 0.25) is 0 Å². The molecule has 1 fully saturated rings. The van der Waals surface area contributed by atoms with Crippen LogP contribution >= 0.6 is 15.9 Å². The van der Waals surface area contributed by atoms with E-state index < -0.39 is 0 Å². The van der Waals surface area contributed by atoms with Crippen LogP contribution < -0.4 is 0 Å². The lowest BCUT2D eigenvalue weighted by Crippen LogP contribution is -2.30. The summed E-state index contributed by atoms with van der Waals surface area (Å²) in [5.74, 6) is 0.214. The minimum Gasteiger partial charge on any atom is -0.335 e. The van der Waals surface area contributed by atoms with Crippen LogP contribution in [0.3, 0.4) is 0 Å². The largest absolute Gasteiger partial charge is 0.335 e. The zero-order valence-corrected chi connectivity index (χ0v) is 10.3. The van der Waals surface area contributed by atoms with E-state index in [0.29, 0.717) is 0 Å². The van der Waals surface area contributed by atoms with Crippen LogP contribution in [-0.2, 0) is 4.79 Å². The van der Waals surface area contributed by atoms with Crippen molar-refractivity contribution in [2.24, 2.45) is 0 Å². The Hall–Kier alpha value is -0.830. The molecule has 0 aliphatic carbocycles. The fourth-order valence-corrected chi connectivity index (χ4v) is 2.43. The smallest absolute Gasteiger partial charge is 0.236 e. The van der Waals surface area contributed by atoms with Gasteiger partial charge >= 0.3 is 0 Å². The number of nitrogens with zero attached hydrogens (tertiary/aromatic N) is 1. The zero-order chi connectivity index (χ0) is 10.8. The Kier molecular flexibility index (Phi) is 3.10. The van der Waals surface area contributed by atoms with Crippen molar-refractivity contribution in [2.75, 3.05) is 6.54 Å². The standard InChI is InChI=1S/C12H14BrNO/c1-9(10-5-3-2-4-6-10)14-8-7-11(13)12(14)15/h2-6,9,11H,7-8H2,1H3/t9-,11?/m1/s1. The van der Waals surface area contributed by atoms with Gasteiger partial charge in [0.25, 0.3) is 0 Å². The van der Waals surface area contributed by atoms with Gasteiger partial charge in [0, 0.05) is 6.54 Å². The van der Waals surface area contributed by atoms with Gasteiger partial charge in [0.15, 0.2) is 0 Å². The van der Waals surface area contributed by atoms with Gasteiger partial charge in [0.2, 0.25) is 5.91 Å². The number of carbonyl (C=O) groups is 1. The second-order valence-electron chi connectivity index (χ2n) is 3.87. The van der Waals surface area contributed by atoms with E-state index in [1.165, 1.54) is 5.56 Å². The Bertz CT molecular complexity index is 352. The van der Waals surface area contributed by atoms with Crippen molar-refractivity contribution >= 4 is 21.8 Å². The van der Waals surface area contributed by atoms with Gasteiger partial charge in [-0.15, -0.1) is 0 Å². The molecule has 2 rings (SSSR count). The molecule has 0 saturated carbocycles. The van der Waals surface area contributed by atoms with Crippen LogP contribution in [0.4, 0.5) is 0 Å². The van der Waals surface area contributed by atoms with Gasteiger partial charge in [0.05, 0.1) is 10.9 Å². The average molecular weight is 268 g/mol. The van der Waals surface area contributed by atoms with Gasteiger partial charge < -0.3 is 4.90 Å². The number of halogens is 1. The van der Waals surface area contributed by atoms with E-state index in [1.54, 1.807) is 0 Å². The number of hydrogen-bond acceptors (Lipinski definition) is 1. The van der Waals surface area contributed by atoms with E-state index in [2.05, 4.69) is 35.0 Å². The normalized spacial score (nSPS) is 23.2. The molecule has 1 saturated heterocycles. The number of amides is 1. The van der Waals surface area contributed by atoms with Crippen molar-refractivity contribution in [3.8, 4) is 0 Å². The lowest BCUT2D eigenvalue weighted by atomic mass is 10.1. The van der Waals surface area contributed by atoms with Crippen LogP contribution in [0.5, 0.6) is 0 Å². The SMILES string of the molecule is C[C@H](c1ccccc1)N1CCC(Br)C1=O. The van der Waals surface area contributed by atoms with Crippen LogP contribution in [0, 0.1) is 0 Å². The molecule has 0 N–H and O–H groups in total. The molecule has 0 bridgehead atoms. The molecule has 0 aromatic heterocycles. The molecule has 1 aliphatic rings. The van der Waals surface area contributed by atoms with Crippen LogP contribution in [-0.4, -0.2) is 22.2 Å². The fraction of sp³-hybridized carbons (Fsp3) is 0.417. The first-order valence-corrected chi connectivity index (χ1v) is 6.11. The maximum absolute atomic E-state index is 11.8. The number of carbonyl (C=O) groups excluding carboxylic acids is 1. The van der Waals surface area contributed by atoms with Crippen LogP contribution in [0.15, 0.2) is 30.3 Å². The highest BCUT2D eigenvalue weighted by Crippen LogP contribution is 2.28. The van der Waals surface area contributed by atoms with E-state index in [4.69, 9.17) is 0 Å². The van der Waals surface area contributed by atoms with E-state index in [-0.39, 0.29) is 16.8 Å². The van der Waals surface area contributed by atoms with E-state index in [9.17, 15) is 4.79 Å². The molecule has 1 aromatic carbocycles. The third kappa shape index (κ3) is 2.07. The second kappa shape index (κ2) is 4.35. The minimum atomic E-state index is 0.0173. The molecule has 1 aromatic rings. The molecule has 2 atom stereocenters. The molecule has 1 heterocycles. The van der Waals surface area contributed by atoms with Crippen molar-refractivity contribution < 1.29 is 4.79 Å². The Balaban J connectivity index is 2.16. The van der Waals surface area contributed by atoms with Crippen molar-refractivity contribution in [1.29, 1.82) is 0 Å². The van der Waals surface area contributed by atoms with Crippen molar-refractivity contribution in [1.82, 2.24) is 4.90 Å². The Morgan fingerprint density at radius 3 is 2.60 bits per heavy atom. The first-order valence-electron chi connectivity index (χ1n) is 5.19. The Labute approximate surface area is 98.4 Å². The molecule has 0 radical (unpaired) electrons. The molecule has 1 aliphatic heterocycles. The maximum Gasteiger partial charge on any atom is 0.236 e. The Morgan fingerprint density at radius 1 is 1.40 bits per heavy atom. The number of benzene rings is 1. The lowest BCUT2D eigenvalue weighted by molar-refractivity contribution is -0.128. The van der Waals surface area contributed by atoms with Gasteiger partial charge in [-0.1, -0.05) is 46.3 Å². The molecule has 3 heteroatoms. The quantitative estimate of drug-likeness (QED) is 0.755. The summed E-state index contributed by atoms with van der Waals surface area (Å²) in [7, 11) is 0. The van der Waals surface area contributed by atoms with E-state index >= 15 is 0 Å². The minimum absolute atomic E-state index is 0.0173. The van der Waals surface area contributed by atoms with Gasteiger partial charge in [-0.3, -0.25) is 4.79 Å². The predicted octanol–water partition coefficient (Wildman–Crippen LogP) is 2.74. The molecule has 1 unspecified atom stereocenters. The first-order chi connectivity index (χ1) is 7.20. The monoisotopic (exact) mass is 267 g/mol. The predicted molar refractivity (Wildman–Crippen MR) is 63.9 cm³/mol. The topological polar surface area (TPSA) is 20.3 Å². The van der Waals surface area contributed by atoms with Crippen molar-refractivity contribution in [3.63, 3.8) is 0 Å². The van der Waals surface area contributed by atoms with Crippen molar-refractivity contribution in [3.05, 3.63) is 35.9 Å². The third-order valence-electron chi connectivity index (χ3n) is 2.92. The molecule has 15 heavy (non-hydrogen) atoms. The number of hydrogen-bond donors (Lipinski definition) is 0. The van der Waals surface area contributed by atoms with E-state index in [1.807, 2.05) is 23.1 Å². The average Bonchev–Trinajstić information content (AvgIpc) is 2.60. The van der Waals surface area contributed by atoms with Gasteiger partial charge in [-0.05, 0) is 18.9 Å². The summed E-state index contributed by atoms with van der Waals surface area (Å²) in [6, 6.07) is 10.3. The molecule has 80 valence electrons. The Morgan fingerprint density at radius 2 is 2.07 bits per heavy atom. The lowest BCUT2D eigenvalue weighted by Gasteiger charge is -2.24. The first kappa shape index (κ1) is 10.7. The fourth-order valence-electron chi connectivity index (χ4n) is 1.96. The molecule has 1 amide bonds. The summed E-state index contributed by atoms with van der Waals surface area (Å²) in [5.41, 5.74) is 1.20. The van der Waals surface area contributed by atoms with Crippen LogP contribution in [0.25, 0.3) is 0 Å². The van der Waals surface area contributed by atoms with Gasteiger partial charge in [-0.25, -0.2) is 0 Å². The number of likely N-dealkylation sites (tertiary alicyclic amines) is 1. The maximum atomic E-state index is 11.8. The summed E-state index contributed by atoms with van der Waals surface area (Å²) < 4.78 is 0. The summed E-state index contributed by atoms with van der Waals surface area (Å²) in [4.78, 5) is 13.8. The van der Waals surface area contributed by atoms with Gasteiger partial charge in [0.1, 0.15) is 0 Å². The summed E-state index contributed by atoms with van der Waals surface area (Å²) in [6.07, 6.45) is 0.913. The molecular weight excluding hydrogens is 254 g/mol. The zero-order valence-electron chi connectivity index (χ0n) is 8.69. The highest BCUT2D eigenvalue weighted by molar-refractivity contribution is 9.10. The molecule has 2 nitrogen and oxygen atoms in total. The summed E-state index contributed by atoms with van der Waals surface area (Å²) in [6.45, 7) is 2.93. The number of rotatable bonds is 2.